The maximum absolute atomic E-state index is 6.04. The zero-order chi connectivity index (χ0) is 12.3. The molecule has 1 fully saturated rings. The van der Waals surface area contributed by atoms with E-state index in [4.69, 9.17) is 11.6 Å². The van der Waals surface area contributed by atoms with Crippen LogP contribution < -0.4 is 5.32 Å². The van der Waals surface area contributed by atoms with E-state index in [-0.39, 0.29) is 12.4 Å². The molecule has 0 amide bonds. The average molecular weight is 289 g/mol. The summed E-state index contributed by atoms with van der Waals surface area (Å²) in [6.07, 6.45) is 0. The Kier molecular flexibility index (Phi) is 6.44. The smallest absolute Gasteiger partial charge is 0.0408 e. The van der Waals surface area contributed by atoms with Gasteiger partial charge in [0.15, 0.2) is 0 Å². The number of rotatable bonds is 3. The molecule has 0 aromatic heterocycles. The Morgan fingerprint density at radius 3 is 2.94 bits per heavy atom. The van der Waals surface area contributed by atoms with Crippen LogP contribution in [-0.2, 0) is 0 Å². The molecule has 1 aromatic rings. The summed E-state index contributed by atoms with van der Waals surface area (Å²) in [5.74, 6) is 0.536. The van der Waals surface area contributed by atoms with Gasteiger partial charge in [0.1, 0.15) is 0 Å². The normalized spacial score (nSPS) is 22.3. The molecule has 0 saturated carbocycles. The summed E-state index contributed by atoms with van der Waals surface area (Å²) in [6, 6.07) is 8.86. The van der Waals surface area contributed by atoms with Crippen LogP contribution in [-0.4, -0.2) is 37.1 Å². The molecule has 18 heavy (non-hydrogen) atoms. The van der Waals surface area contributed by atoms with Crippen molar-refractivity contribution < 1.29 is 0 Å². The third-order valence-electron chi connectivity index (χ3n) is 3.56. The lowest BCUT2D eigenvalue weighted by Gasteiger charge is -2.35. The minimum Gasteiger partial charge on any atom is -0.314 e. The molecule has 1 N–H and O–H groups in total. The van der Waals surface area contributed by atoms with Crippen LogP contribution in [0.4, 0.5) is 0 Å². The van der Waals surface area contributed by atoms with Crippen molar-refractivity contribution in [3.8, 4) is 0 Å². The van der Waals surface area contributed by atoms with Crippen LogP contribution in [0.1, 0.15) is 25.3 Å². The summed E-state index contributed by atoms with van der Waals surface area (Å²) >= 11 is 6.04. The number of benzene rings is 1. The maximum Gasteiger partial charge on any atom is 0.0408 e. The fourth-order valence-corrected chi connectivity index (χ4v) is 2.62. The van der Waals surface area contributed by atoms with Crippen molar-refractivity contribution in [2.75, 3.05) is 26.2 Å². The Morgan fingerprint density at radius 1 is 1.50 bits per heavy atom. The van der Waals surface area contributed by atoms with Gasteiger partial charge in [-0.15, -0.1) is 12.4 Å². The number of nitrogens with one attached hydrogen (secondary N) is 1. The van der Waals surface area contributed by atoms with E-state index in [1.54, 1.807) is 0 Å². The molecule has 2 nitrogen and oxygen atoms in total. The highest BCUT2D eigenvalue weighted by Crippen LogP contribution is 2.21. The van der Waals surface area contributed by atoms with Gasteiger partial charge in [-0.1, -0.05) is 30.7 Å². The molecule has 4 heteroatoms. The van der Waals surface area contributed by atoms with E-state index in [1.165, 1.54) is 5.56 Å². The number of halogens is 2. The van der Waals surface area contributed by atoms with E-state index in [9.17, 15) is 0 Å². The molecule has 0 radical (unpaired) electrons. The van der Waals surface area contributed by atoms with Crippen molar-refractivity contribution >= 4 is 24.0 Å². The molecule has 1 heterocycles. The monoisotopic (exact) mass is 288 g/mol. The molecule has 2 unspecified atom stereocenters. The van der Waals surface area contributed by atoms with Crippen molar-refractivity contribution in [1.82, 2.24) is 10.2 Å². The third-order valence-corrected chi connectivity index (χ3v) is 3.80. The SMILES string of the molecule is CC(CN1CCNCC1C)c1cccc(Cl)c1.Cl. The van der Waals surface area contributed by atoms with Gasteiger partial charge < -0.3 is 5.32 Å². The third kappa shape index (κ3) is 4.13. The van der Waals surface area contributed by atoms with Gasteiger partial charge in [-0.25, -0.2) is 0 Å². The molecular formula is C14H22Cl2N2. The first kappa shape index (κ1) is 15.8. The molecule has 1 aromatic carbocycles. The molecule has 0 aliphatic carbocycles. The summed E-state index contributed by atoms with van der Waals surface area (Å²) in [4.78, 5) is 2.56. The van der Waals surface area contributed by atoms with E-state index in [0.717, 1.165) is 31.2 Å². The molecule has 0 spiro atoms. The van der Waals surface area contributed by atoms with E-state index >= 15 is 0 Å². The van der Waals surface area contributed by atoms with Crippen LogP contribution in [0, 0.1) is 0 Å². The van der Waals surface area contributed by atoms with Crippen LogP contribution >= 0.6 is 24.0 Å². The molecule has 2 atom stereocenters. The van der Waals surface area contributed by atoms with Crippen LogP contribution in [0.2, 0.25) is 5.02 Å². The van der Waals surface area contributed by atoms with Crippen LogP contribution in [0.15, 0.2) is 24.3 Å². The first-order valence-corrected chi connectivity index (χ1v) is 6.75. The summed E-state index contributed by atoms with van der Waals surface area (Å²) in [7, 11) is 0. The number of piperazine rings is 1. The molecule has 1 aliphatic heterocycles. The van der Waals surface area contributed by atoms with E-state index in [1.807, 2.05) is 12.1 Å². The van der Waals surface area contributed by atoms with Crippen molar-refractivity contribution in [3.05, 3.63) is 34.9 Å². The fraction of sp³-hybridized carbons (Fsp3) is 0.571. The Labute approximate surface area is 121 Å². The first-order chi connectivity index (χ1) is 8.16. The molecule has 0 bridgehead atoms. The lowest BCUT2D eigenvalue weighted by molar-refractivity contribution is 0.166. The number of hydrogen-bond acceptors (Lipinski definition) is 2. The number of nitrogens with zero attached hydrogens (tertiary/aromatic N) is 1. The van der Waals surface area contributed by atoms with Gasteiger partial charge in [0.2, 0.25) is 0 Å². The zero-order valence-corrected chi connectivity index (χ0v) is 12.6. The van der Waals surface area contributed by atoms with E-state index in [0.29, 0.717) is 12.0 Å². The quantitative estimate of drug-likeness (QED) is 0.919. The minimum atomic E-state index is 0. The van der Waals surface area contributed by atoms with Gasteiger partial charge >= 0.3 is 0 Å². The number of hydrogen-bond donors (Lipinski definition) is 1. The molecular weight excluding hydrogens is 267 g/mol. The topological polar surface area (TPSA) is 15.3 Å². The van der Waals surface area contributed by atoms with Gasteiger partial charge in [-0.2, -0.15) is 0 Å². The fourth-order valence-electron chi connectivity index (χ4n) is 2.42. The van der Waals surface area contributed by atoms with Crippen LogP contribution in [0.25, 0.3) is 0 Å². The second kappa shape index (κ2) is 7.34. The highest BCUT2D eigenvalue weighted by molar-refractivity contribution is 6.30. The molecule has 102 valence electrons. The molecule has 1 aliphatic rings. The second-order valence-corrected chi connectivity index (χ2v) is 5.44. The van der Waals surface area contributed by atoms with Gasteiger partial charge in [0.25, 0.3) is 0 Å². The Morgan fingerprint density at radius 2 is 2.28 bits per heavy atom. The molecule has 2 rings (SSSR count). The highest BCUT2D eigenvalue weighted by Gasteiger charge is 2.20. The van der Waals surface area contributed by atoms with Gasteiger partial charge in [0.05, 0.1) is 0 Å². The second-order valence-electron chi connectivity index (χ2n) is 5.00. The molecule has 1 saturated heterocycles. The zero-order valence-electron chi connectivity index (χ0n) is 11.0. The summed E-state index contributed by atoms with van der Waals surface area (Å²) in [5, 5.41) is 4.26. The predicted molar refractivity (Wildman–Crippen MR) is 81.0 cm³/mol. The predicted octanol–water partition coefficient (Wildman–Crippen LogP) is 3.16. The Balaban J connectivity index is 0.00000162. The van der Waals surface area contributed by atoms with Crippen molar-refractivity contribution in [2.45, 2.75) is 25.8 Å². The standard InChI is InChI=1S/C14H21ClN2.ClH/c1-11(13-4-3-5-14(15)8-13)10-17-7-6-16-9-12(17)2;/h3-5,8,11-12,16H,6-7,9-10H2,1-2H3;1H. The van der Waals surface area contributed by atoms with Crippen molar-refractivity contribution in [1.29, 1.82) is 0 Å². The van der Waals surface area contributed by atoms with Crippen molar-refractivity contribution in [3.63, 3.8) is 0 Å². The summed E-state index contributed by atoms with van der Waals surface area (Å²) in [5.41, 5.74) is 1.34. The largest absolute Gasteiger partial charge is 0.314 e. The lowest BCUT2D eigenvalue weighted by Crippen LogP contribution is -2.50. The minimum absolute atomic E-state index is 0. The van der Waals surface area contributed by atoms with E-state index < -0.39 is 0 Å². The van der Waals surface area contributed by atoms with Gasteiger partial charge in [0, 0.05) is 37.2 Å². The van der Waals surface area contributed by atoms with Crippen LogP contribution in [0.5, 0.6) is 0 Å². The summed E-state index contributed by atoms with van der Waals surface area (Å²) in [6.45, 7) is 9.03. The van der Waals surface area contributed by atoms with Gasteiger partial charge in [-0.3, -0.25) is 4.90 Å². The van der Waals surface area contributed by atoms with Crippen molar-refractivity contribution in [2.24, 2.45) is 0 Å². The highest BCUT2D eigenvalue weighted by atomic mass is 35.5. The van der Waals surface area contributed by atoms with E-state index in [2.05, 4.69) is 36.2 Å². The first-order valence-electron chi connectivity index (χ1n) is 6.37. The van der Waals surface area contributed by atoms with Crippen LogP contribution in [0.3, 0.4) is 0 Å². The lowest BCUT2D eigenvalue weighted by atomic mass is 9.99. The van der Waals surface area contributed by atoms with Gasteiger partial charge in [-0.05, 0) is 30.5 Å². The Bertz CT molecular complexity index is 371. The Hall–Kier alpha value is -0.280. The average Bonchev–Trinajstić information content (AvgIpc) is 2.32. The summed E-state index contributed by atoms with van der Waals surface area (Å²) < 4.78 is 0. The maximum atomic E-state index is 6.04.